The highest BCUT2D eigenvalue weighted by Crippen LogP contribution is 2.17. The molecule has 0 radical (unpaired) electrons. The molecule has 0 aliphatic heterocycles. The highest BCUT2D eigenvalue weighted by molar-refractivity contribution is 7.91. The van der Waals surface area contributed by atoms with Gasteiger partial charge in [-0.15, -0.1) is 0 Å². The summed E-state index contributed by atoms with van der Waals surface area (Å²) in [5, 5.41) is 1.20. The van der Waals surface area contributed by atoms with Crippen molar-refractivity contribution in [2.24, 2.45) is 0 Å². The van der Waals surface area contributed by atoms with Gasteiger partial charge in [0.2, 0.25) is 0 Å². The maximum absolute atomic E-state index is 11.8. The molecule has 0 aliphatic carbocycles. The summed E-state index contributed by atoms with van der Waals surface area (Å²) in [6, 6.07) is 6.78. The summed E-state index contributed by atoms with van der Waals surface area (Å²) < 4.78 is 17.1. The molecule has 0 N–H and O–H groups in total. The SMILES string of the molecule is [O-][S+](COc1ccc(Cl)cc1)c1ncc(Cl)cn1. The minimum absolute atomic E-state index is 0.0245. The Bertz CT molecular complexity index is 507. The molecule has 18 heavy (non-hydrogen) atoms. The Kier molecular flexibility index (Phi) is 4.66. The largest absolute Gasteiger partial charge is 0.606 e. The topological polar surface area (TPSA) is 58.1 Å². The lowest BCUT2D eigenvalue weighted by atomic mass is 10.3. The Hall–Kier alpha value is -1.01. The summed E-state index contributed by atoms with van der Waals surface area (Å²) in [6.45, 7) is 0. The maximum Gasteiger partial charge on any atom is 0.346 e. The Morgan fingerprint density at radius 1 is 1.06 bits per heavy atom. The van der Waals surface area contributed by atoms with Gasteiger partial charge in [-0.2, -0.15) is 9.97 Å². The van der Waals surface area contributed by atoms with Crippen LogP contribution in [0.2, 0.25) is 10.0 Å². The predicted octanol–water partition coefficient (Wildman–Crippen LogP) is 2.93. The van der Waals surface area contributed by atoms with Gasteiger partial charge in [-0.05, 0) is 24.3 Å². The van der Waals surface area contributed by atoms with Crippen molar-refractivity contribution >= 4 is 34.4 Å². The summed E-state index contributed by atoms with van der Waals surface area (Å²) >= 11 is 9.94. The third-order valence-electron chi connectivity index (χ3n) is 1.95. The van der Waals surface area contributed by atoms with Crippen LogP contribution in [0.25, 0.3) is 0 Å². The third-order valence-corrected chi connectivity index (χ3v) is 3.34. The van der Waals surface area contributed by atoms with Crippen LogP contribution in [0.1, 0.15) is 0 Å². The molecule has 0 spiro atoms. The van der Waals surface area contributed by atoms with Gasteiger partial charge in [0.25, 0.3) is 5.94 Å². The number of ether oxygens (including phenoxy) is 1. The van der Waals surface area contributed by atoms with Gasteiger partial charge in [0.05, 0.1) is 28.6 Å². The molecule has 0 amide bonds. The van der Waals surface area contributed by atoms with Crippen molar-refractivity contribution in [2.45, 2.75) is 5.16 Å². The molecule has 0 saturated heterocycles. The normalized spacial score (nSPS) is 12.2. The fraction of sp³-hybridized carbons (Fsp3) is 0.0909. The molecule has 94 valence electrons. The molecule has 0 fully saturated rings. The fourth-order valence-electron chi connectivity index (χ4n) is 1.12. The van der Waals surface area contributed by atoms with Crippen molar-refractivity contribution in [3.05, 3.63) is 46.7 Å². The first-order valence-electron chi connectivity index (χ1n) is 4.89. The van der Waals surface area contributed by atoms with Crippen LogP contribution in [0, 0.1) is 0 Å². The first-order chi connectivity index (χ1) is 8.65. The predicted molar refractivity (Wildman–Crippen MR) is 70.4 cm³/mol. The molecule has 0 bridgehead atoms. The minimum Gasteiger partial charge on any atom is -0.606 e. The summed E-state index contributed by atoms with van der Waals surface area (Å²) in [5.41, 5.74) is 0. The number of rotatable bonds is 4. The Labute approximate surface area is 117 Å². The fourth-order valence-corrected chi connectivity index (χ4v) is 2.04. The molecule has 1 atom stereocenters. The van der Waals surface area contributed by atoms with Gasteiger partial charge in [0, 0.05) is 5.02 Å². The summed E-state index contributed by atoms with van der Waals surface area (Å²) in [7, 11) is 0. The number of nitrogens with zero attached hydrogens (tertiary/aromatic N) is 2. The lowest BCUT2D eigenvalue weighted by Crippen LogP contribution is -2.15. The molecular formula is C11H8Cl2N2O2S. The first kappa shape index (κ1) is 13.4. The standard InChI is InChI=1S/C11H8Cl2N2O2S/c12-8-1-3-10(4-2-8)17-7-18(16)11-14-5-9(13)6-15-11/h1-6H,7H2. The molecule has 0 aliphatic rings. The number of hydrogen-bond acceptors (Lipinski definition) is 4. The van der Waals surface area contributed by atoms with Crippen LogP contribution < -0.4 is 4.74 Å². The average molecular weight is 303 g/mol. The van der Waals surface area contributed by atoms with E-state index >= 15 is 0 Å². The zero-order valence-corrected chi connectivity index (χ0v) is 11.4. The van der Waals surface area contributed by atoms with E-state index < -0.39 is 11.2 Å². The molecule has 1 aromatic carbocycles. The Morgan fingerprint density at radius 3 is 2.28 bits per heavy atom. The van der Waals surface area contributed by atoms with Crippen LogP contribution in [0.15, 0.2) is 41.8 Å². The average Bonchev–Trinajstić information content (AvgIpc) is 2.38. The number of halogens is 2. The van der Waals surface area contributed by atoms with Gasteiger partial charge < -0.3 is 9.29 Å². The van der Waals surface area contributed by atoms with Gasteiger partial charge in [0.15, 0.2) is 0 Å². The van der Waals surface area contributed by atoms with E-state index in [0.29, 0.717) is 15.8 Å². The molecule has 4 nitrogen and oxygen atoms in total. The van der Waals surface area contributed by atoms with Crippen molar-refractivity contribution in [3.8, 4) is 5.75 Å². The van der Waals surface area contributed by atoms with E-state index in [1.165, 1.54) is 12.4 Å². The number of benzene rings is 1. The smallest absolute Gasteiger partial charge is 0.346 e. The van der Waals surface area contributed by atoms with E-state index in [0.717, 1.165) is 0 Å². The lowest BCUT2D eigenvalue weighted by molar-refractivity contribution is 0.375. The van der Waals surface area contributed by atoms with Crippen molar-refractivity contribution in [3.63, 3.8) is 0 Å². The van der Waals surface area contributed by atoms with Crippen LogP contribution in [0.3, 0.4) is 0 Å². The van der Waals surface area contributed by atoms with E-state index in [1.54, 1.807) is 24.3 Å². The monoisotopic (exact) mass is 302 g/mol. The summed E-state index contributed by atoms with van der Waals surface area (Å²) in [6.07, 6.45) is 2.79. The summed E-state index contributed by atoms with van der Waals surface area (Å²) in [5.74, 6) is 0.560. The van der Waals surface area contributed by atoms with Crippen LogP contribution >= 0.6 is 23.2 Å². The van der Waals surface area contributed by atoms with Crippen LogP contribution in [0.4, 0.5) is 0 Å². The van der Waals surface area contributed by atoms with E-state index in [2.05, 4.69) is 9.97 Å². The molecule has 2 rings (SSSR count). The molecule has 2 aromatic rings. The first-order valence-corrected chi connectivity index (χ1v) is 6.97. The number of aromatic nitrogens is 2. The van der Waals surface area contributed by atoms with E-state index in [4.69, 9.17) is 27.9 Å². The van der Waals surface area contributed by atoms with Crippen molar-refractivity contribution in [1.82, 2.24) is 9.97 Å². The van der Waals surface area contributed by atoms with Crippen LogP contribution in [0.5, 0.6) is 5.75 Å². The third kappa shape index (κ3) is 3.74. The lowest BCUT2D eigenvalue weighted by Gasteiger charge is -2.09. The van der Waals surface area contributed by atoms with Crippen molar-refractivity contribution in [1.29, 1.82) is 0 Å². The highest BCUT2D eigenvalue weighted by Gasteiger charge is 2.15. The van der Waals surface area contributed by atoms with Crippen LogP contribution in [-0.4, -0.2) is 20.5 Å². The molecule has 1 heterocycles. The second kappa shape index (κ2) is 6.24. The van der Waals surface area contributed by atoms with Gasteiger partial charge in [-0.1, -0.05) is 23.2 Å². The zero-order chi connectivity index (χ0) is 13.0. The second-order valence-electron chi connectivity index (χ2n) is 3.25. The number of hydrogen-bond donors (Lipinski definition) is 0. The summed E-state index contributed by atoms with van der Waals surface area (Å²) in [4.78, 5) is 7.72. The van der Waals surface area contributed by atoms with Gasteiger partial charge in [-0.25, -0.2) is 0 Å². The zero-order valence-electron chi connectivity index (χ0n) is 9.05. The maximum atomic E-state index is 11.8. The van der Waals surface area contributed by atoms with Crippen LogP contribution in [-0.2, 0) is 11.2 Å². The van der Waals surface area contributed by atoms with Crippen molar-refractivity contribution < 1.29 is 9.29 Å². The minimum atomic E-state index is -1.43. The molecule has 1 aromatic heterocycles. The molecule has 1 unspecified atom stereocenters. The Morgan fingerprint density at radius 2 is 1.67 bits per heavy atom. The molecule has 7 heteroatoms. The van der Waals surface area contributed by atoms with Gasteiger partial charge in [0.1, 0.15) is 5.75 Å². The molecular weight excluding hydrogens is 295 g/mol. The highest BCUT2D eigenvalue weighted by atomic mass is 35.5. The van der Waals surface area contributed by atoms with E-state index in [1.807, 2.05) is 0 Å². The van der Waals surface area contributed by atoms with E-state index in [-0.39, 0.29) is 11.1 Å². The van der Waals surface area contributed by atoms with E-state index in [9.17, 15) is 4.55 Å². The van der Waals surface area contributed by atoms with Gasteiger partial charge in [-0.3, -0.25) is 0 Å². The second-order valence-corrected chi connectivity index (χ2v) is 5.41. The van der Waals surface area contributed by atoms with Crippen molar-refractivity contribution in [2.75, 3.05) is 5.94 Å². The Balaban J connectivity index is 1.93. The quantitative estimate of drug-likeness (QED) is 0.643. The van der Waals surface area contributed by atoms with Gasteiger partial charge >= 0.3 is 5.16 Å². The molecule has 0 saturated carbocycles.